The first-order chi connectivity index (χ1) is 38.0. The highest BCUT2D eigenvalue weighted by atomic mass is 32.2. The lowest BCUT2D eigenvalue weighted by atomic mass is 9.98. The summed E-state index contributed by atoms with van der Waals surface area (Å²) >= 11 is 0. The van der Waals surface area contributed by atoms with Gasteiger partial charge in [0.05, 0.1) is 44.2 Å². The van der Waals surface area contributed by atoms with E-state index in [0.29, 0.717) is 0 Å². The first kappa shape index (κ1) is 60.2. The zero-order valence-corrected chi connectivity index (χ0v) is 45.8. The van der Waals surface area contributed by atoms with Gasteiger partial charge in [0.2, 0.25) is 21.8 Å². The number of sulfonamides is 1. The largest absolute Gasteiger partial charge is 0.490 e. The zero-order valence-electron chi connectivity index (χ0n) is 41.4. The molecule has 5 aromatic heterocycles. The highest BCUT2D eigenvalue weighted by molar-refractivity contribution is 7.89. The maximum absolute atomic E-state index is 14.4. The van der Waals surface area contributed by atoms with Crippen LogP contribution in [0.3, 0.4) is 0 Å². The van der Waals surface area contributed by atoms with Crippen molar-refractivity contribution in [2.24, 2.45) is 13.0 Å². The van der Waals surface area contributed by atoms with Crippen molar-refractivity contribution >= 4 is 75.2 Å². The summed E-state index contributed by atoms with van der Waals surface area (Å²) in [7, 11) is -25.5. The predicted molar refractivity (Wildman–Crippen MR) is 266 cm³/mol. The van der Waals surface area contributed by atoms with Gasteiger partial charge >= 0.3 is 42.4 Å². The number of nitrogen functional groups attached to an aromatic ring is 2. The van der Waals surface area contributed by atoms with Crippen LogP contribution in [-0.2, 0) is 76.5 Å². The maximum atomic E-state index is 14.4. The number of aromatic amines is 2. The van der Waals surface area contributed by atoms with Crippen molar-refractivity contribution in [1.29, 1.82) is 0 Å². The molecule has 0 saturated carbocycles. The van der Waals surface area contributed by atoms with Crippen LogP contribution < -0.4 is 37.6 Å². The number of hydrogen-bond donors (Lipinski definition) is 12. The Kier molecular flexibility index (Phi) is 17.1. The van der Waals surface area contributed by atoms with Crippen molar-refractivity contribution in [2.75, 3.05) is 44.9 Å². The lowest BCUT2D eigenvalue weighted by molar-refractivity contribution is -0.745. The topological polar surface area (TPSA) is 544 Å². The number of nitrogens with two attached hydrogens (primary N) is 2. The Hall–Kier alpha value is -5.41. The third kappa shape index (κ3) is 12.6. The van der Waals surface area contributed by atoms with Crippen LogP contribution in [0.25, 0.3) is 22.3 Å². The van der Waals surface area contributed by atoms with Gasteiger partial charge in [-0.3, -0.25) is 46.9 Å². The molecule has 38 nitrogen and oxygen atoms in total. The Bertz CT molecular complexity index is 3830. The number of phosphoric acid groups is 3. The second-order valence-corrected chi connectivity index (χ2v) is 26.4. The highest BCUT2D eigenvalue weighted by Gasteiger charge is 2.58. The third-order valence-corrected chi connectivity index (χ3v) is 20.5. The van der Waals surface area contributed by atoms with Gasteiger partial charge in [0.25, 0.3) is 17.1 Å². The average Bonchev–Trinajstić information content (AvgIpc) is 4.36. The van der Waals surface area contributed by atoms with Crippen molar-refractivity contribution in [3.8, 4) is 0 Å². The standard InChI is InChI=1S/C38H49N13O25P4S/c1-48-16-51(32-24(48)33(56)47-37(40)46-32)34-25(53)18(10-44-81(66,67)17-6-4-3-5-7-17)19(72-34)11-70-78(60,61)75-80(64,65)76-79(62,63)71-13-21-29(28(68-2)36(74-21)50-15-43-23-30(39)41-14-42-31(23)50)77(58,59)69-12-20-26(54)27(55)35(73-20)49-9-8-22(52)45-38(49)57/h3-9,14-16,18-21,25-29,34-36,44,53-55H,10-13H2,1-2H3,(H9-,39,40,41,42,45,46,47,52,56,57,58,59,60,61,62,63,64,65)/p+1/t18-,19-,20-,21-,25-,26-,27-,28-,29-,34-,35-,36-/m1/s1. The number of aryl methyl sites for hydroxylation is 1. The number of rotatable bonds is 22. The molecule has 442 valence electrons. The van der Waals surface area contributed by atoms with Crippen LogP contribution in [0, 0.1) is 5.92 Å². The number of aliphatic hydroxyl groups is 3. The van der Waals surface area contributed by atoms with Crippen LogP contribution in [0.15, 0.2) is 80.9 Å². The number of anilines is 2. The average molecular weight is 1240 g/mol. The van der Waals surface area contributed by atoms with Gasteiger partial charge < -0.3 is 69.8 Å². The van der Waals surface area contributed by atoms with Gasteiger partial charge in [-0.15, -0.1) is 0 Å². The molecule has 3 aliphatic rings. The van der Waals surface area contributed by atoms with Crippen LogP contribution in [0.5, 0.6) is 0 Å². The number of methoxy groups -OCH3 is 1. The molecule has 3 saturated heterocycles. The summed E-state index contributed by atoms with van der Waals surface area (Å²) in [6.07, 6.45) is -12.7. The molecule has 3 fully saturated rings. The lowest BCUT2D eigenvalue weighted by Gasteiger charge is -2.28. The Morgan fingerprint density at radius 2 is 1.44 bits per heavy atom. The van der Waals surface area contributed by atoms with Crippen LogP contribution in [0.2, 0.25) is 0 Å². The quantitative estimate of drug-likeness (QED) is 0.0231. The summed E-state index contributed by atoms with van der Waals surface area (Å²) in [5.41, 5.74) is 6.95. The molecule has 0 bridgehead atoms. The summed E-state index contributed by atoms with van der Waals surface area (Å²) in [5, 5.41) is 33.2. The lowest BCUT2D eigenvalue weighted by Crippen LogP contribution is -2.46. The van der Waals surface area contributed by atoms with Gasteiger partial charge in [-0.2, -0.15) is 8.62 Å². The van der Waals surface area contributed by atoms with Gasteiger partial charge in [-0.05, 0) is 12.1 Å². The van der Waals surface area contributed by atoms with Gasteiger partial charge in [0, 0.05) is 31.8 Å². The van der Waals surface area contributed by atoms with Crippen LogP contribution in [-0.4, -0.2) is 169 Å². The molecule has 1 aromatic carbocycles. The second kappa shape index (κ2) is 23.0. The van der Waals surface area contributed by atoms with Crippen molar-refractivity contribution in [3.05, 3.63) is 92.8 Å². The summed E-state index contributed by atoms with van der Waals surface area (Å²) in [4.78, 5) is 101. The number of ether oxygens (including phenoxy) is 4. The van der Waals surface area contributed by atoms with Crippen molar-refractivity contribution < 1.29 is 107 Å². The normalized spacial score (nSPS) is 29.1. The predicted octanol–water partition coefficient (Wildman–Crippen LogP) is -3.57. The monoisotopic (exact) mass is 1240 g/mol. The van der Waals surface area contributed by atoms with E-state index in [4.69, 9.17) is 44.0 Å². The molecular weight excluding hydrogens is 1190 g/mol. The molecule has 0 spiro atoms. The molecule has 0 amide bonds. The van der Waals surface area contributed by atoms with E-state index in [9.17, 15) is 76.0 Å². The van der Waals surface area contributed by atoms with E-state index in [1.54, 1.807) is 6.07 Å². The summed E-state index contributed by atoms with van der Waals surface area (Å²) in [6, 6.07) is 7.87. The fourth-order valence-corrected chi connectivity index (χ4v) is 15.6. The van der Waals surface area contributed by atoms with Crippen molar-refractivity contribution in [1.82, 2.24) is 48.3 Å². The number of benzene rings is 1. The first-order valence-corrected chi connectivity index (χ1v) is 30.9. The number of phosphoric ester groups is 2. The SMILES string of the molecule is CO[C@@H]1[C@H](P(=O)(O)OC[C@H]2O[C@@H](n3ccc(=O)[nH]c3=O)[C@H](O)[C@@H]2O)[C@@H](COP(=O)(O)OP(=O)(O)OP(=O)(O)OC[C@H]2O[C@@H]([n+]3cn(C)c4c(=O)[nH]c(N)nc43)[C@H](O)[C@@H]2CNS(=O)(=O)c2ccccc2)O[C@H]1n1cnc2c(N)ncnc21. The number of aromatic nitrogens is 10. The minimum absolute atomic E-state index is 0.0146. The number of hydrogen-bond acceptors (Lipinski definition) is 27. The number of nitrogens with zero attached hydrogens (tertiary/aromatic N) is 8. The minimum atomic E-state index is -6.31. The fraction of sp³-hybridized carbons (Fsp3) is 0.474. The first-order valence-electron chi connectivity index (χ1n) is 23.3. The van der Waals surface area contributed by atoms with Crippen molar-refractivity contribution in [3.63, 3.8) is 0 Å². The molecule has 8 heterocycles. The van der Waals surface area contributed by atoms with E-state index in [1.165, 1.54) is 42.2 Å². The molecule has 43 heteroatoms. The van der Waals surface area contributed by atoms with Crippen LogP contribution in [0.4, 0.5) is 11.8 Å². The molecule has 16 atom stereocenters. The Balaban J connectivity index is 0.900. The summed E-state index contributed by atoms with van der Waals surface area (Å²) in [5.74, 6) is -1.86. The highest BCUT2D eigenvalue weighted by Crippen LogP contribution is 2.68. The number of nitrogens with one attached hydrogen (secondary N) is 3. The third-order valence-electron chi connectivity index (χ3n) is 12.9. The molecule has 3 aliphatic heterocycles. The number of aliphatic hydroxyl groups excluding tert-OH is 3. The maximum Gasteiger partial charge on any atom is 0.490 e. The van der Waals surface area contributed by atoms with Gasteiger partial charge in [-0.25, -0.2) is 51.1 Å². The van der Waals surface area contributed by atoms with Gasteiger partial charge in [-0.1, -0.05) is 23.2 Å². The molecule has 6 aromatic rings. The van der Waals surface area contributed by atoms with E-state index >= 15 is 0 Å². The fourth-order valence-electron chi connectivity index (χ4n) is 9.22. The van der Waals surface area contributed by atoms with Crippen LogP contribution >= 0.6 is 31.1 Å². The van der Waals surface area contributed by atoms with Crippen molar-refractivity contribution in [2.45, 2.75) is 72.0 Å². The molecule has 81 heavy (non-hydrogen) atoms. The zero-order chi connectivity index (χ0) is 58.7. The molecule has 4 unspecified atom stereocenters. The smallest absolute Gasteiger partial charge is 0.387 e. The Morgan fingerprint density at radius 3 is 2.11 bits per heavy atom. The van der Waals surface area contributed by atoms with E-state index in [2.05, 4.69) is 38.3 Å². The molecule has 9 rings (SSSR count). The van der Waals surface area contributed by atoms with Gasteiger partial charge in [0.1, 0.15) is 54.1 Å². The second-order valence-electron chi connectivity index (χ2n) is 18.1. The molecular formula is C38H50N13O25P4S+. The van der Waals surface area contributed by atoms with E-state index in [0.717, 1.165) is 45.7 Å². The number of imidazole rings is 2. The number of H-pyrrole nitrogens is 2. The molecule has 0 radical (unpaired) electrons. The van der Waals surface area contributed by atoms with E-state index < -0.39 is 157 Å². The van der Waals surface area contributed by atoms with Gasteiger partial charge in [0.15, 0.2) is 30.2 Å². The Morgan fingerprint density at radius 1 is 0.790 bits per heavy atom. The van der Waals surface area contributed by atoms with E-state index in [-0.39, 0.29) is 39.0 Å². The number of fused-ring (bicyclic) bond motifs is 2. The van der Waals surface area contributed by atoms with E-state index in [1.807, 2.05) is 4.98 Å². The Labute approximate surface area is 452 Å². The summed E-state index contributed by atoms with van der Waals surface area (Å²) in [6.45, 7) is -4.18. The molecule has 14 N–H and O–H groups in total. The minimum Gasteiger partial charge on any atom is -0.387 e. The van der Waals surface area contributed by atoms with Crippen LogP contribution in [0.1, 0.15) is 18.7 Å². The molecule has 0 aliphatic carbocycles. The summed E-state index contributed by atoms with van der Waals surface area (Å²) < 4.78 is 134.